The van der Waals surface area contributed by atoms with Crippen LogP contribution >= 0.6 is 0 Å². The number of hydrogen-bond acceptors (Lipinski definition) is 4. The molecule has 0 aliphatic heterocycles. The van der Waals surface area contributed by atoms with Gasteiger partial charge in [0.25, 0.3) is 0 Å². The number of aliphatic hydroxyl groups is 1. The molecule has 1 aliphatic rings. The van der Waals surface area contributed by atoms with Crippen LogP contribution in [0.1, 0.15) is 37.3 Å². The fourth-order valence-corrected chi connectivity index (χ4v) is 2.68. The third-order valence-corrected chi connectivity index (χ3v) is 4.39. The quantitative estimate of drug-likeness (QED) is 0.361. The lowest BCUT2D eigenvalue weighted by molar-refractivity contribution is -0.0279. The SMILES string of the molecule is CCNC(=NCc1ccc(C)cc1OCCOC)NCC1(O)CCC1. The first kappa shape index (κ1) is 19.5. The molecular formula is C19H31N3O3. The number of rotatable bonds is 9. The lowest BCUT2D eigenvalue weighted by atomic mass is 9.80. The van der Waals surface area contributed by atoms with Gasteiger partial charge in [-0.2, -0.15) is 0 Å². The Balaban J connectivity index is 2.00. The number of ether oxygens (including phenoxy) is 2. The van der Waals surface area contributed by atoms with Crippen molar-refractivity contribution in [2.24, 2.45) is 4.99 Å². The van der Waals surface area contributed by atoms with Crippen LogP contribution in [0.3, 0.4) is 0 Å². The van der Waals surface area contributed by atoms with Crippen molar-refractivity contribution in [1.29, 1.82) is 0 Å². The minimum absolute atomic E-state index is 0.510. The summed E-state index contributed by atoms with van der Waals surface area (Å²) in [6.07, 6.45) is 2.81. The summed E-state index contributed by atoms with van der Waals surface area (Å²) in [7, 11) is 1.66. The van der Waals surface area contributed by atoms with Crippen molar-refractivity contribution in [2.45, 2.75) is 45.3 Å². The van der Waals surface area contributed by atoms with Gasteiger partial charge in [0.2, 0.25) is 0 Å². The number of hydrogen-bond donors (Lipinski definition) is 3. The Hall–Kier alpha value is -1.79. The molecule has 0 heterocycles. The Morgan fingerprint density at radius 3 is 2.72 bits per heavy atom. The van der Waals surface area contributed by atoms with Gasteiger partial charge in [0.05, 0.1) is 18.8 Å². The molecule has 0 saturated heterocycles. The number of methoxy groups -OCH3 is 1. The van der Waals surface area contributed by atoms with Crippen LogP contribution in [0.5, 0.6) is 5.75 Å². The maximum Gasteiger partial charge on any atom is 0.191 e. The Labute approximate surface area is 150 Å². The maximum absolute atomic E-state index is 10.2. The minimum atomic E-state index is -0.575. The van der Waals surface area contributed by atoms with E-state index >= 15 is 0 Å². The Bertz CT molecular complexity index is 571. The second-order valence-electron chi connectivity index (χ2n) is 6.58. The molecule has 2 rings (SSSR count). The van der Waals surface area contributed by atoms with Crippen LogP contribution < -0.4 is 15.4 Å². The summed E-state index contributed by atoms with van der Waals surface area (Å²) in [4.78, 5) is 4.64. The summed E-state index contributed by atoms with van der Waals surface area (Å²) in [6, 6.07) is 6.13. The molecule has 0 radical (unpaired) electrons. The third kappa shape index (κ3) is 6.21. The molecule has 6 heteroatoms. The van der Waals surface area contributed by atoms with Crippen LogP contribution in [0.25, 0.3) is 0 Å². The number of nitrogens with one attached hydrogen (secondary N) is 2. The standard InChI is InChI=1S/C19H31N3O3/c1-4-20-18(22-14-19(23)8-5-9-19)21-13-16-7-6-15(2)12-17(16)25-11-10-24-3/h6-7,12,23H,4-5,8-11,13-14H2,1-3H3,(H2,20,21,22). The molecule has 0 aromatic heterocycles. The van der Waals surface area contributed by atoms with Crippen LogP contribution in [0, 0.1) is 6.92 Å². The molecule has 140 valence electrons. The van der Waals surface area contributed by atoms with E-state index in [2.05, 4.69) is 21.7 Å². The first-order chi connectivity index (χ1) is 12.1. The molecule has 1 aromatic rings. The van der Waals surface area contributed by atoms with E-state index in [1.807, 2.05) is 26.0 Å². The highest BCUT2D eigenvalue weighted by atomic mass is 16.5. The first-order valence-electron chi connectivity index (χ1n) is 9.02. The van der Waals surface area contributed by atoms with E-state index in [1.165, 1.54) is 0 Å². The van der Waals surface area contributed by atoms with Gasteiger partial charge >= 0.3 is 0 Å². The number of benzene rings is 1. The van der Waals surface area contributed by atoms with E-state index in [4.69, 9.17) is 9.47 Å². The molecular weight excluding hydrogens is 318 g/mol. The molecule has 1 aliphatic carbocycles. The minimum Gasteiger partial charge on any atom is -0.491 e. The van der Waals surface area contributed by atoms with E-state index in [1.54, 1.807) is 7.11 Å². The van der Waals surface area contributed by atoms with Gasteiger partial charge < -0.3 is 25.2 Å². The summed E-state index contributed by atoms with van der Waals surface area (Å²) in [5, 5.41) is 16.7. The summed E-state index contributed by atoms with van der Waals surface area (Å²) in [6.45, 7) is 6.96. The Morgan fingerprint density at radius 1 is 1.28 bits per heavy atom. The fraction of sp³-hybridized carbons (Fsp3) is 0.632. The van der Waals surface area contributed by atoms with Crippen molar-refractivity contribution in [1.82, 2.24) is 10.6 Å². The molecule has 0 atom stereocenters. The van der Waals surface area contributed by atoms with E-state index in [0.717, 1.165) is 42.7 Å². The van der Waals surface area contributed by atoms with Crippen LogP contribution in [0.2, 0.25) is 0 Å². The molecule has 0 unspecified atom stereocenters. The summed E-state index contributed by atoms with van der Waals surface area (Å²) < 4.78 is 10.9. The summed E-state index contributed by atoms with van der Waals surface area (Å²) >= 11 is 0. The second kappa shape index (κ2) is 9.63. The van der Waals surface area contributed by atoms with Crippen molar-refractivity contribution in [3.05, 3.63) is 29.3 Å². The average molecular weight is 349 g/mol. The predicted molar refractivity (Wildman–Crippen MR) is 100 cm³/mol. The normalized spacial score (nSPS) is 16.2. The third-order valence-electron chi connectivity index (χ3n) is 4.39. The zero-order valence-electron chi connectivity index (χ0n) is 15.6. The van der Waals surface area contributed by atoms with Gasteiger partial charge in [0.15, 0.2) is 5.96 Å². The molecule has 0 bridgehead atoms. The molecule has 1 saturated carbocycles. The maximum atomic E-state index is 10.2. The highest BCUT2D eigenvalue weighted by Gasteiger charge is 2.34. The highest BCUT2D eigenvalue weighted by Crippen LogP contribution is 2.30. The molecule has 1 fully saturated rings. The highest BCUT2D eigenvalue weighted by molar-refractivity contribution is 5.79. The second-order valence-corrected chi connectivity index (χ2v) is 6.58. The van der Waals surface area contributed by atoms with Crippen LogP contribution in [0.15, 0.2) is 23.2 Å². The van der Waals surface area contributed by atoms with Crippen molar-refractivity contribution in [3.8, 4) is 5.75 Å². The Kier molecular flexibility index (Phi) is 7.52. The van der Waals surface area contributed by atoms with Gasteiger partial charge in [-0.1, -0.05) is 12.1 Å². The van der Waals surface area contributed by atoms with Gasteiger partial charge in [-0.05, 0) is 44.7 Å². The Morgan fingerprint density at radius 2 is 2.08 bits per heavy atom. The van der Waals surface area contributed by atoms with Gasteiger partial charge in [0.1, 0.15) is 12.4 Å². The molecule has 1 aromatic carbocycles. The van der Waals surface area contributed by atoms with Crippen LogP contribution in [0.4, 0.5) is 0 Å². The van der Waals surface area contributed by atoms with Crippen molar-refractivity contribution in [3.63, 3.8) is 0 Å². The molecule has 0 amide bonds. The van der Waals surface area contributed by atoms with Crippen LogP contribution in [-0.2, 0) is 11.3 Å². The average Bonchev–Trinajstić information content (AvgIpc) is 2.57. The largest absolute Gasteiger partial charge is 0.491 e. The molecule has 25 heavy (non-hydrogen) atoms. The summed E-state index contributed by atoms with van der Waals surface area (Å²) in [5.74, 6) is 1.56. The van der Waals surface area contributed by atoms with E-state index < -0.39 is 5.60 Å². The monoisotopic (exact) mass is 349 g/mol. The smallest absolute Gasteiger partial charge is 0.191 e. The zero-order chi connectivity index (χ0) is 18.1. The fourth-order valence-electron chi connectivity index (χ4n) is 2.68. The number of aryl methyl sites for hydroxylation is 1. The number of guanidine groups is 1. The van der Waals surface area contributed by atoms with E-state index in [0.29, 0.717) is 32.3 Å². The van der Waals surface area contributed by atoms with Gasteiger partial charge in [-0.15, -0.1) is 0 Å². The van der Waals surface area contributed by atoms with Crippen LogP contribution in [-0.4, -0.2) is 50.1 Å². The van der Waals surface area contributed by atoms with Gasteiger partial charge in [0, 0.05) is 25.8 Å². The van der Waals surface area contributed by atoms with Gasteiger partial charge in [-0.3, -0.25) is 0 Å². The summed E-state index contributed by atoms with van der Waals surface area (Å²) in [5.41, 5.74) is 1.60. The van der Waals surface area contributed by atoms with Crippen molar-refractivity contribution >= 4 is 5.96 Å². The van der Waals surface area contributed by atoms with E-state index in [-0.39, 0.29) is 0 Å². The first-order valence-corrected chi connectivity index (χ1v) is 9.02. The number of nitrogens with zero attached hydrogens (tertiary/aromatic N) is 1. The molecule has 6 nitrogen and oxygen atoms in total. The number of aliphatic imine (C=N–C) groups is 1. The predicted octanol–water partition coefficient (Wildman–Crippen LogP) is 1.99. The van der Waals surface area contributed by atoms with E-state index in [9.17, 15) is 5.11 Å². The van der Waals surface area contributed by atoms with Crippen molar-refractivity contribution in [2.75, 3.05) is 33.4 Å². The lowest BCUT2D eigenvalue weighted by Crippen LogP contribution is -2.50. The molecule has 0 spiro atoms. The molecule has 3 N–H and O–H groups in total. The van der Waals surface area contributed by atoms with Gasteiger partial charge in [-0.25, -0.2) is 4.99 Å². The zero-order valence-corrected chi connectivity index (χ0v) is 15.6. The lowest BCUT2D eigenvalue weighted by Gasteiger charge is -2.37. The van der Waals surface area contributed by atoms with Crippen molar-refractivity contribution < 1.29 is 14.6 Å². The topological polar surface area (TPSA) is 75.1 Å².